The van der Waals surface area contributed by atoms with Gasteiger partial charge in [0.05, 0.1) is 18.8 Å². The largest absolute Gasteiger partial charge is 0.497 e. The van der Waals surface area contributed by atoms with E-state index in [9.17, 15) is 4.79 Å². The zero-order valence-corrected chi connectivity index (χ0v) is 18.1. The summed E-state index contributed by atoms with van der Waals surface area (Å²) in [4.78, 5) is 29.2. The molecule has 1 aromatic carbocycles. The smallest absolute Gasteiger partial charge is 0.254 e. The number of hydrogen-bond donors (Lipinski definition) is 0. The molecule has 2 aromatic heterocycles. The van der Waals surface area contributed by atoms with Crippen LogP contribution in [-0.4, -0.2) is 39.4 Å². The highest BCUT2D eigenvalue weighted by atomic mass is 16.5. The molecule has 31 heavy (non-hydrogen) atoms. The Bertz CT molecular complexity index is 1040. The lowest BCUT2D eigenvalue weighted by Crippen LogP contribution is -2.39. The summed E-state index contributed by atoms with van der Waals surface area (Å²) >= 11 is 0. The lowest BCUT2D eigenvalue weighted by Gasteiger charge is -2.36. The quantitative estimate of drug-likeness (QED) is 0.574. The van der Waals surface area contributed by atoms with Crippen molar-refractivity contribution in [1.82, 2.24) is 19.9 Å². The fourth-order valence-corrected chi connectivity index (χ4v) is 4.17. The third-order valence-corrected chi connectivity index (χ3v) is 5.73. The minimum Gasteiger partial charge on any atom is -0.497 e. The van der Waals surface area contributed by atoms with Crippen LogP contribution in [0.3, 0.4) is 0 Å². The Balaban J connectivity index is 1.76. The number of nitrogens with zero attached hydrogens (tertiary/aromatic N) is 4. The molecule has 160 valence electrons. The summed E-state index contributed by atoms with van der Waals surface area (Å²) in [7, 11) is 1.62. The SMILES string of the molecule is CCCc1ncc(-c2ccncc2)c([C@H]2CCCCN2C(=O)c2cccc(OC)c2)n1. The van der Waals surface area contributed by atoms with Gasteiger partial charge >= 0.3 is 0 Å². The lowest BCUT2D eigenvalue weighted by atomic mass is 9.93. The number of aromatic nitrogens is 3. The van der Waals surface area contributed by atoms with E-state index in [1.54, 1.807) is 25.6 Å². The second-order valence-electron chi connectivity index (χ2n) is 7.81. The predicted octanol–water partition coefficient (Wildman–Crippen LogP) is 4.87. The summed E-state index contributed by atoms with van der Waals surface area (Å²) in [6.45, 7) is 2.84. The molecule has 1 saturated heterocycles. The van der Waals surface area contributed by atoms with Gasteiger partial charge < -0.3 is 9.64 Å². The fraction of sp³-hybridized carbons (Fsp3) is 0.360. The Morgan fingerprint density at radius 1 is 1.19 bits per heavy atom. The molecule has 1 fully saturated rings. The lowest BCUT2D eigenvalue weighted by molar-refractivity contribution is 0.0606. The number of carbonyl (C=O) groups is 1. The Kier molecular flexibility index (Phi) is 6.55. The summed E-state index contributed by atoms with van der Waals surface area (Å²) in [6.07, 6.45) is 10.2. The molecule has 1 amide bonds. The van der Waals surface area contributed by atoms with Crippen LogP contribution in [-0.2, 0) is 6.42 Å². The third-order valence-electron chi connectivity index (χ3n) is 5.73. The number of carbonyl (C=O) groups excluding carboxylic acids is 1. The van der Waals surface area contributed by atoms with Crippen molar-refractivity contribution in [2.45, 2.75) is 45.1 Å². The molecule has 0 bridgehead atoms. The number of piperidine rings is 1. The summed E-state index contributed by atoms with van der Waals surface area (Å²) in [5.74, 6) is 1.53. The van der Waals surface area contributed by atoms with Crippen molar-refractivity contribution in [3.8, 4) is 16.9 Å². The van der Waals surface area contributed by atoms with Gasteiger partial charge in [-0.1, -0.05) is 13.0 Å². The molecule has 1 aliphatic heterocycles. The van der Waals surface area contributed by atoms with Crippen molar-refractivity contribution in [2.24, 2.45) is 0 Å². The van der Waals surface area contributed by atoms with Gasteiger partial charge in [-0.25, -0.2) is 9.97 Å². The Morgan fingerprint density at radius 2 is 2.03 bits per heavy atom. The maximum atomic E-state index is 13.5. The van der Waals surface area contributed by atoms with Gasteiger partial charge in [0, 0.05) is 42.7 Å². The second-order valence-corrected chi connectivity index (χ2v) is 7.81. The van der Waals surface area contributed by atoms with Gasteiger partial charge in [0.1, 0.15) is 11.6 Å². The topological polar surface area (TPSA) is 68.2 Å². The first kappa shape index (κ1) is 21.0. The van der Waals surface area contributed by atoms with Crippen molar-refractivity contribution in [2.75, 3.05) is 13.7 Å². The molecule has 6 heteroatoms. The molecule has 0 unspecified atom stereocenters. The highest BCUT2D eigenvalue weighted by Crippen LogP contribution is 2.36. The standard InChI is InChI=1S/C25H28N4O2/c1-3-7-23-27-17-21(18-11-13-26-14-12-18)24(28-23)22-10-4-5-15-29(22)25(30)19-8-6-9-20(16-19)31-2/h6,8-9,11-14,16-17,22H,3-5,7,10,15H2,1-2H3/t22-/m1/s1. The van der Waals surface area contributed by atoms with E-state index in [1.807, 2.05) is 41.4 Å². The monoisotopic (exact) mass is 416 g/mol. The van der Waals surface area contributed by atoms with Gasteiger partial charge in [0.25, 0.3) is 5.91 Å². The number of benzene rings is 1. The van der Waals surface area contributed by atoms with Crippen molar-refractivity contribution in [1.29, 1.82) is 0 Å². The number of ether oxygens (including phenoxy) is 1. The minimum atomic E-state index is -0.0887. The number of pyridine rings is 1. The maximum absolute atomic E-state index is 13.5. The molecular weight excluding hydrogens is 388 g/mol. The van der Waals surface area contributed by atoms with Crippen LogP contribution in [0, 0.1) is 0 Å². The number of aryl methyl sites for hydroxylation is 1. The summed E-state index contributed by atoms with van der Waals surface area (Å²) < 4.78 is 5.33. The fourth-order valence-electron chi connectivity index (χ4n) is 4.17. The van der Waals surface area contributed by atoms with Crippen LogP contribution in [0.2, 0.25) is 0 Å². The number of methoxy groups -OCH3 is 1. The van der Waals surface area contributed by atoms with Gasteiger partial charge in [-0.15, -0.1) is 0 Å². The minimum absolute atomic E-state index is 0.0138. The van der Waals surface area contributed by atoms with Gasteiger partial charge in [-0.2, -0.15) is 0 Å². The van der Waals surface area contributed by atoms with E-state index in [0.717, 1.165) is 54.7 Å². The number of likely N-dealkylation sites (tertiary alicyclic amines) is 1. The van der Waals surface area contributed by atoms with E-state index < -0.39 is 0 Å². The van der Waals surface area contributed by atoms with Crippen LogP contribution in [0.1, 0.15) is 60.5 Å². The highest BCUT2D eigenvalue weighted by Gasteiger charge is 2.32. The highest BCUT2D eigenvalue weighted by molar-refractivity contribution is 5.95. The third kappa shape index (κ3) is 4.58. The molecule has 0 saturated carbocycles. The molecule has 3 aromatic rings. The van der Waals surface area contributed by atoms with E-state index in [1.165, 1.54) is 0 Å². The maximum Gasteiger partial charge on any atom is 0.254 e. The normalized spacial score (nSPS) is 16.2. The van der Waals surface area contributed by atoms with E-state index in [-0.39, 0.29) is 11.9 Å². The second kappa shape index (κ2) is 9.69. The van der Waals surface area contributed by atoms with Crippen LogP contribution >= 0.6 is 0 Å². The van der Waals surface area contributed by atoms with Crippen LogP contribution in [0.4, 0.5) is 0 Å². The van der Waals surface area contributed by atoms with E-state index in [4.69, 9.17) is 9.72 Å². The molecule has 0 spiro atoms. The Morgan fingerprint density at radius 3 is 2.81 bits per heavy atom. The van der Waals surface area contributed by atoms with Crippen molar-refractivity contribution in [3.63, 3.8) is 0 Å². The molecule has 4 rings (SSSR count). The first-order valence-corrected chi connectivity index (χ1v) is 10.9. The van der Waals surface area contributed by atoms with Gasteiger partial charge in [0.2, 0.25) is 0 Å². The van der Waals surface area contributed by atoms with Gasteiger partial charge in [-0.05, 0) is 61.6 Å². The molecule has 6 nitrogen and oxygen atoms in total. The van der Waals surface area contributed by atoms with Crippen molar-refractivity contribution in [3.05, 3.63) is 72.1 Å². The summed E-state index contributed by atoms with van der Waals surface area (Å²) in [5, 5.41) is 0. The number of hydrogen-bond acceptors (Lipinski definition) is 5. The van der Waals surface area contributed by atoms with E-state index in [2.05, 4.69) is 16.9 Å². The van der Waals surface area contributed by atoms with E-state index >= 15 is 0 Å². The zero-order valence-electron chi connectivity index (χ0n) is 18.1. The van der Waals surface area contributed by atoms with Crippen LogP contribution in [0.25, 0.3) is 11.1 Å². The summed E-state index contributed by atoms with van der Waals surface area (Å²) in [6, 6.07) is 11.2. The first-order chi connectivity index (χ1) is 15.2. The van der Waals surface area contributed by atoms with Crippen LogP contribution < -0.4 is 4.74 Å². The first-order valence-electron chi connectivity index (χ1n) is 10.9. The van der Waals surface area contributed by atoms with Gasteiger partial charge in [0.15, 0.2) is 0 Å². The zero-order chi connectivity index (χ0) is 21.6. The number of rotatable bonds is 6. The molecule has 0 N–H and O–H groups in total. The molecule has 0 radical (unpaired) electrons. The molecular formula is C25H28N4O2. The Labute approximate surface area is 183 Å². The molecule has 0 aliphatic carbocycles. The number of amides is 1. The average Bonchev–Trinajstić information content (AvgIpc) is 2.84. The molecule has 3 heterocycles. The van der Waals surface area contributed by atoms with Crippen LogP contribution in [0.5, 0.6) is 5.75 Å². The molecule has 1 aliphatic rings. The van der Waals surface area contributed by atoms with Gasteiger partial charge in [-0.3, -0.25) is 9.78 Å². The average molecular weight is 417 g/mol. The molecule has 1 atom stereocenters. The van der Waals surface area contributed by atoms with E-state index in [0.29, 0.717) is 17.9 Å². The Hall–Kier alpha value is -3.28. The van der Waals surface area contributed by atoms with Crippen LogP contribution in [0.15, 0.2) is 55.0 Å². The van der Waals surface area contributed by atoms with Crippen molar-refractivity contribution >= 4 is 5.91 Å². The van der Waals surface area contributed by atoms with Crippen molar-refractivity contribution < 1.29 is 9.53 Å². The predicted molar refractivity (Wildman–Crippen MR) is 120 cm³/mol. The summed E-state index contributed by atoms with van der Waals surface area (Å²) in [5.41, 5.74) is 3.56.